The Morgan fingerprint density at radius 2 is 2.00 bits per heavy atom. The van der Waals surface area contributed by atoms with Crippen molar-refractivity contribution in [3.8, 4) is 0 Å². The van der Waals surface area contributed by atoms with Gasteiger partial charge in [-0.05, 0) is 32.9 Å². The number of nitro groups is 1. The van der Waals surface area contributed by atoms with Crippen molar-refractivity contribution in [2.45, 2.75) is 25.7 Å². The lowest BCUT2D eigenvalue weighted by atomic mass is 10.3. The average molecular weight is 297 g/mol. The number of rotatable bonds is 5. The maximum atomic E-state index is 11.9. The van der Waals surface area contributed by atoms with Gasteiger partial charge in [-0.15, -0.1) is 0 Å². The number of hydrazone groups is 1. The summed E-state index contributed by atoms with van der Waals surface area (Å²) in [6.07, 6.45) is 1.70. The maximum absolute atomic E-state index is 11.9. The Balaban J connectivity index is 3.03. The van der Waals surface area contributed by atoms with Crippen molar-refractivity contribution in [2.24, 2.45) is 5.10 Å². The highest BCUT2D eigenvalue weighted by molar-refractivity contribution is 7.89. The minimum atomic E-state index is -3.92. The first kappa shape index (κ1) is 15.8. The number of non-ortho nitro benzene ring substituents is 1. The van der Waals surface area contributed by atoms with E-state index in [4.69, 9.17) is 0 Å². The van der Waals surface area contributed by atoms with Crippen LogP contribution in [-0.2, 0) is 10.0 Å². The minimum Gasteiger partial charge on any atom is -0.258 e. The van der Waals surface area contributed by atoms with Gasteiger partial charge < -0.3 is 0 Å². The van der Waals surface area contributed by atoms with E-state index in [1.54, 1.807) is 13.0 Å². The van der Waals surface area contributed by atoms with E-state index in [0.717, 1.165) is 11.6 Å². The molecule has 0 radical (unpaired) electrons. The van der Waals surface area contributed by atoms with Gasteiger partial charge in [0.2, 0.25) is 0 Å². The van der Waals surface area contributed by atoms with Crippen molar-refractivity contribution >= 4 is 21.4 Å². The molecule has 0 aliphatic heterocycles. The van der Waals surface area contributed by atoms with Crippen molar-refractivity contribution in [1.82, 2.24) is 4.83 Å². The summed E-state index contributed by atoms with van der Waals surface area (Å²) in [6, 6.07) is 4.77. The Bertz CT molecular complexity index is 674. The largest absolute Gasteiger partial charge is 0.276 e. The molecule has 20 heavy (non-hydrogen) atoms. The second kappa shape index (κ2) is 6.29. The molecule has 1 rings (SSSR count). The highest BCUT2D eigenvalue weighted by atomic mass is 32.2. The van der Waals surface area contributed by atoms with Gasteiger partial charge in [0.05, 0.1) is 15.5 Å². The molecule has 0 aromatic heterocycles. The van der Waals surface area contributed by atoms with Gasteiger partial charge in [0.25, 0.3) is 15.7 Å². The lowest BCUT2D eigenvalue weighted by Crippen LogP contribution is -2.19. The highest BCUT2D eigenvalue weighted by Crippen LogP contribution is 2.17. The van der Waals surface area contributed by atoms with Crippen molar-refractivity contribution in [2.75, 3.05) is 0 Å². The van der Waals surface area contributed by atoms with Crippen molar-refractivity contribution in [1.29, 1.82) is 0 Å². The van der Waals surface area contributed by atoms with Gasteiger partial charge >= 0.3 is 0 Å². The Kier molecular flexibility index (Phi) is 4.98. The third-order valence-electron chi connectivity index (χ3n) is 2.18. The quantitative estimate of drug-likeness (QED) is 0.511. The molecule has 1 N–H and O–H groups in total. The van der Waals surface area contributed by atoms with Gasteiger partial charge in [0, 0.05) is 12.1 Å². The number of nitro benzene ring substituents is 1. The van der Waals surface area contributed by atoms with E-state index >= 15 is 0 Å². The Labute approximate surface area is 117 Å². The molecule has 0 unspecified atom stereocenters. The summed E-state index contributed by atoms with van der Waals surface area (Å²) < 4.78 is 23.9. The van der Waals surface area contributed by atoms with Gasteiger partial charge in [-0.25, -0.2) is 0 Å². The predicted molar refractivity (Wildman–Crippen MR) is 76.0 cm³/mol. The number of allylic oxidation sites excluding steroid dienone is 2. The molecule has 0 fully saturated rings. The van der Waals surface area contributed by atoms with Crippen LogP contribution in [0.1, 0.15) is 20.8 Å². The standard InChI is InChI=1S/C12H15N3O4S/c1-9(2)7-10(3)13-14-20(18,19)12-6-4-5-11(8-12)15(16)17/h4-8,14H,1-3H3/b13-10+. The molecule has 0 saturated heterocycles. The summed E-state index contributed by atoms with van der Waals surface area (Å²) in [7, 11) is -3.92. The molecule has 0 spiro atoms. The molecule has 1 aromatic rings. The average Bonchev–Trinajstić information content (AvgIpc) is 2.36. The maximum Gasteiger partial charge on any atom is 0.276 e. The van der Waals surface area contributed by atoms with Crippen LogP contribution in [0.4, 0.5) is 5.69 Å². The van der Waals surface area contributed by atoms with E-state index in [2.05, 4.69) is 5.10 Å². The third-order valence-corrected chi connectivity index (χ3v) is 3.38. The first-order valence-corrected chi connectivity index (χ1v) is 7.16. The molecule has 8 heteroatoms. The van der Waals surface area contributed by atoms with E-state index in [-0.39, 0.29) is 10.6 Å². The van der Waals surface area contributed by atoms with Gasteiger partial charge in [-0.1, -0.05) is 11.6 Å². The lowest BCUT2D eigenvalue weighted by molar-refractivity contribution is -0.385. The van der Waals surface area contributed by atoms with Gasteiger partial charge in [0.1, 0.15) is 0 Å². The van der Waals surface area contributed by atoms with Crippen LogP contribution in [-0.4, -0.2) is 19.1 Å². The van der Waals surface area contributed by atoms with Crippen LogP contribution < -0.4 is 4.83 Å². The van der Waals surface area contributed by atoms with E-state index in [9.17, 15) is 18.5 Å². The second-order valence-corrected chi connectivity index (χ2v) is 5.98. The minimum absolute atomic E-state index is 0.208. The summed E-state index contributed by atoms with van der Waals surface area (Å²) in [6.45, 7) is 5.35. The first-order chi connectivity index (χ1) is 9.22. The number of sulfonamides is 1. The van der Waals surface area contributed by atoms with Crippen molar-refractivity contribution in [3.05, 3.63) is 46.0 Å². The van der Waals surface area contributed by atoms with Gasteiger partial charge in [0.15, 0.2) is 0 Å². The van der Waals surface area contributed by atoms with Crippen LogP contribution in [0.25, 0.3) is 0 Å². The molecule has 0 amide bonds. The van der Waals surface area contributed by atoms with Crippen LogP contribution >= 0.6 is 0 Å². The highest BCUT2D eigenvalue weighted by Gasteiger charge is 2.16. The van der Waals surface area contributed by atoms with E-state index in [0.29, 0.717) is 5.71 Å². The molecule has 0 atom stereocenters. The lowest BCUT2D eigenvalue weighted by Gasteiger charge is -2.04. The summed E-state index contributed by atoms with van der Waals surface area (Å²) >= 11 is 0. The van der Waals surface area contributed by atoms with Gasteiger partial charge in [-0.2, -0.15) is 18.4 Å². The van der Waals surface area contributed by atoms with Crippen LogP contribution in [0.2, 0.25) is 0 Å². The zero-order valence-electron chi connectivity index (χ0n) is 11.3. The van der Waals surface area contributed by atoms with Crippen LogP contribution in [0.5, 0.6) is 0 Å². The fourth-order valence-corrected chi connectivity index (χ4v) is 2.30. The smallest absolute Gasteiger partial charge is 0.258 e. The summed E-state index contributed by atoms with van der Waals surface area (Å²) in [5, 5.41) is 14.3. The Morgan fingerprint density at radius 3 is 2.55 bits per heavy atom. The summed E-state index contributed by atoms with van der Waals surface area (Å²) in [4.78, 5) is 11.8. The number of nitrogens with one attached hydrogen (secondary N) is 1. The number of hydrogen-bond donors (Lipinski definition) is 1. The number of hydrogen-bond acceptors (Lipinski definition) is 5. The second-order valence-electron chi connectivity index (χ2n) is 4.32. The number of benzene rings is 1. The van der Waals surface area contributed by atoms with Crippen molar-refractivity contribution < 1.29 is 13.3 Å². The molecule has 1 aromatic carbocycles. The molecule has 108 valence electrons. The molecule has 0 aliphatic rings. The normalized spacial score (nSPS) is 11.8. The zero-order chi connectivity index (χ0) is 15.3. The van der Waals surface area contributed by atoms with Crippen molar-refractivity contribution in [3.63, 3.8) is 0 Å². The van der Waals surface area contributed by atoms with Crippen LogP contribution in [0.15, 0.2) is 45.9 Å². The number of nitrogens with zero attached hydrogens (tertiary/aromatic N) is 2. The predicted octanol–water partition coefficient (Wildman–Crippen LogP) is 2.22. The topological polar surface area (TPSA) is 102 Å². The molecular weight excluding hydrogens is 282 g/mol. The van der Waals surface area contributed by atoms with Crippen LogP contribution in [0.3, 0.4) is 0 Å². The van der Waals surface area contributed by atoms with E-state index in [1.165, 1.54) is 18.2 Å². The fourth-order valence-electron chi connectivity index (χ4n) is 1.40. The molecule has 0 saturated carbocycles. The molecule has 0 bridgehead atoms. The van der Waals surface area contributed by atoms with Gasteiger partial charge in [-0.3, -0.25) is 10.1 Å². The zero-order valence-corrected chi connectivity index (χ0v) is 12.1. The van der Waals surface area contributed by atoms with E-state index < -0.39 is 14.9 Å². The Hall–Kier alpha value is -2.22. The first-order valence-electron chi connectivity index (χ1n) is 5.68. The third kappa shape index (κ3) is 4.47. The molecular formula is C12H15N3O4S. The fraction of sp³-hybridized carbons (Fsp3) is 0.250. The Morgan fingerprint density at radius 1 is 1.35 bits per heavy atom. The monoisotopic (exact) mass is 297 g/mol. The molecule has 0 heterocycles. The van der Waals surface area contributed by atoms with E-state index in [1.807, 2.05) is 18.7 Å². The molecule has 7 nitrogen and oxygen atoms in total. The SMILES string of the molecule is CC(C)=C/C(C)=N/NS(=O)(=O)c1cccc([N+](=O)[O-])c1. The summed E-state index contributed by atoms with van der Waals surface area (Å²) in [5.41, 5.74) is 1.16. The molecule has 0 aliphatic carbocycles. The van der Waals surface area contributed by atoms with Crippen LogP contribution in [0, 0.1) is 10.1 Å². The summed E-state index contributed by atoms with van der Waals surface area (Å²) in [5.74, 6) is 0.